The monoisotopic (exact) mass is 265 g/mol. The van der Waals surface area contributed by atoms with Crippen molar-refractivity contribution in [2.45, 2.75) is 45.6 Å². The molecule has 0 saturated carbocycles. The van der Waals surface area contributed by atoms with Crippen molar-refractivity contribution in [2.75, 3.05) is 20.7 Å². The lowest BCUT2D eigenvalue weighted by Crippen LogP contribution is -2.34. The van der Waals surface area contributed by atoms with E-state index in [9.17, 15) is 5.11 Å². The third kappa shape index (κ3) is 3.48. The molecule has 0 aromatic heterocycles. The highest BCUT2D eigenvalue weighted by atomic mass is 16.5. The number of nitrogens with one attached hydrogen (secondary N) is 1. The van der Waals surface area contributed by atoms with Crippen molar-refractivity contribution in [1.29, 1.82) is 0 Å². The normalized spacial score (nSPS) is 15.2. The van der Waals surface area contributed by atoms with Crippen LogP contribution in [0.25, 0.3) is 0 Å². The molecule has 108 valence electrons. The Morgan fingerprint density at radius 2 is 1.74 bits per heavy atom. The van der Waals surface area contributed by atoms with E-state index < -0.39 is 5.60 Å². The highest BCUT2D eigenvalue weighted by Gasteiger charge is 2.28. The second kappa shape index (κ2) is 5.51. The number of aliphatic hydroxyl groups is 1. The van der Waals surface area contributed by atoms with Crippen molar-refractivity contribution >= 4 is 0 Å². The van der Waals surface area contributed by atoms with Gasteiger partial charge in [0.2, 0.25) is 0 Å². The van der Waals surface area contributed by atoms with Crippen molar-refractivity contribution in [2.24, 2.45) is 0 Å². The molecule has 0 radical (unpaired) electrons. The van der Waals surface area contributed by atoms with Crippen molar-refractivity contribution in [3.8, 4) is 5.75 Å². The first-order chi connectivity index (χ1) is 8.63. The summed E-state index contributed by atoms with van der Waals surface area (Å²) in [5.74, 6) is 0.883. The van der Waals surface area contributed by atoms with Gasteiger partial charge in [0.05, 0.1) is 12.7 Å². The Hall–Kier alpha value is -1.06. The van der Waals surface area contributed by atoms with Crippen LogP contribution < -0.4 is 10.1 Å². The van der Waals surface area contributed by atoms with E-state index in [0.29, 0.717) is 6.54 Å². The van der Waals surface area contributed by atoms with Gasteiger partial charge in [0.15, 0.2) is 0 Å². The molecule has 2 N–H and O–H groups in total. The van der Waals surface area contributed by atoms with Crippen molar-refractivity contribution in [3.63, 3.8) is 0 Å². The summed E-state index contributed by atoms with van der Waals surface area (Å²) in [6.07, 6.45) is 0. The standard InChI is InChI=1S/C16H27NO2/c1-11-8-14(19-7)13(15(2,3)4)9-12(11)16(5,18)10-17-6/h8-9,17-18H,10H2,1-7H3. The Labute approximate surface area is 117 Å². The van der Waals surface area contributed by atoms with E-state index in [0.717, 1.165) is 22.4 Å². The van der Waals surface area contributed by atoms with Gasteiger partial charge >= 0.3 is 0 Å². The molecule has 19 heavy (non-hydrogen) atoms. The lowest BCUT2D eigenvalue weighted by molar-refractivity contribution is 0.0583. The van der Waals surface area contributed by atoms with E-state index in [1.807, 2.05) is 27.0 Å². The molecular formula is C16H27NO2. The van der Waals surface area contributed by atoms with Gasteiger partial charge in [0.25, 0.3) is 0 Å². The van der Waals surface area contributed by atoms with Gasteiger partial charge in [-0.25, -0.2) is 0 Å². The zero-order valence-electron chi connectivity index (χ0n) is 13.2. The Bertz CT molecular complexity index is 445. The Balaban J connectivity index is 3.44. The average molecular weight is 265 g/mol. The van der Waals surface area contributed by atoms with Crippen LogP contribution in [0.3, 0.4) is 0 Å². The van der Waals surface area contributed by atoms with Crippen LogP contribution in [0.2, 0.25) is 0 Å². The predicted molar refractivity (Wildman–Crippen MR) is 79.9 cm³/mol. The second-order valence-electron chi connectivity index (χ2n) is 6.42. The zero-order valence-corrected chi connectivity index (χ0v) is 13.2. The second-order valence-corrected chi connectivity index (χ2v) is 6.42. The van der Waals surface area contributed by atoms with Gasteiger partial charge in [-0.3, -0.25) is 0 Å². The molecule has 1 atom stereocenters. The predicted octanol–water partition coefficient (Wildman–Crippen LogP) is 2.73. The minimum atomic E-state index is -0.884. The maximum absolute atomic E-state index is 10.6. The summed E-state index contributed by atoms with van der Waals surface area (Å²) in [5.41, 5.74) is 2.21. The van der Waals surface area contributed by atoms with Crippen LogP contribution >= 0.6 is 0 Å². The van der Waals surface area contributed by atoms with Gasteiger partial charge < -0.3 is 15.2 Å². The first-order valence-electron chi connectivity index (χ1n) is 6.70. The molecule has 0 fully saturated rings. The first-order valence-corrected chi connectivity index (χ1v) is 6.70. The molecular weight excluding hydrogens is 238 g/mol. The number of hydrogen-bond donors (Lipinski definition) is 2. The lowest BCUT2D eigenvalue weighted by atomic mass is 9.81. The highest BCUT2D eigenvalue weighted by Crippen LogP contribution is 2.36. The van der Waals surface area contributed by atoms with Crippen LogP contribution in [0.4, 0.5) is 0 Å². The molecule has 1 aromatic rings. The van der Waals surface area contributed by atoms with Crippen LogP contribution in [-0.2, 0) is 11.0 Å². The molecule has 0 bridgehead atoms. The maximum Gasteiger partial charge on any atom is 0.122 e. The molecule has 0 spiro atoms. The van der Waals surface area contributed by atoms with Gasteiger partial charge in [0, 0.05) is 6.54 Å². The van der Waals surface area contributed by atoms with E-state index >= 15 is 0 Å². The van der Waals surface area contributed by atoms with Gasteiger partial charge in [-0.05, 0) is 55.1 Å². The molecule has 1 aromatic carbocycles. The van der Waals surface area contributed by atoms with E-state index in [2.05, 4.69) is 32.2 Å². The number of methoxy groups -OCH3 is 1. The fourth-order valence-electron chi connectivity index (χ4n) is 2.46. The minimum Gasteiger partial charge on any atom is -0.496 e. The number of likely N-dealkylation sites (N-methyl/N-ethyl adjacent to an activating group) is 1. The number of rotatable bonds is 4. The van der Waals surface area contributed by atoms with Gasteiger partial charge in [0.1, 0.15) is 5.75 Å². The topological polar surface area (TPSA) is 41.5 Å². The number of hydrogen-bond acceptors (Lipinski definition) is 3. The smallest absolute Gasteiger partial charge is 0.122 e. The van der Waals surface area contributed by atoms with Crippen LogP contribution in [0.1, 0.15) is 44.4 Å². The van der Waals surface area contributed by atoms with Crippen molar-refractivity contribution in [1.82, 2.24) is 5.32 Å². The van der Waals surface area contributed by atoms with Crippen LogP contribution in [-0.4, -0.2) is 25.8 Å². The number of benzene rings is 1. The summed E-state index contributed by atoms with van der Waals surface area (Å²) in [7, 11) is 3.54. The van der Waals surface area contributed by atoms with E-state index in [4.69, 9.17) is 4.74 Å². The molecule has 0 aliphatic carbocycles. The van der Waals surface area contributed by atoms with Crippen LogP contribution in [0.5, 0.6) is 5.75 Å². The van der Waals surface area contributed by atoms with E-state index in [-0.39, 0.29) is 5.41 Å². The number of ether oxygens (including phenoxy) is 1. The molecule has 0 saturated heterocycles. The highest BCUT2D eigenvalue weighted by molar-refractivity contribution is 5.47. The van der Waals surface area contributed by atoms with Crippen molar-refractivity contribution < 1.29 is 9.84 Å². The van der Waals surface area contributed by atoms with Crippen LogP contribution in [0, 0.1) is 6.92 Å². The first kappa shape index (κ1) is 16.0. The molecule has 3 heteroatoms. The lowest BCUT2D eigenvalue weighted by Gasteiger charge is -2.30. The Morgan fingerprint density at radius 1 is 1.16 bits per heavy atom. The molecule has 1 rings (SSSR count). The molecule has 0 aliphatic rings. The average Bonchev–Trinajstić information content (AvgIpc) is 2.26. The summed E-state index contributed by atoms with van der Waals surface area (Å²) in [4.78, 5) is 0. The van der Waals surface area contributed by atoms with Crippen LogP contribution in [0.15, 0.2) is 12.1 Å². The molecule has 0 aliphatic heterocycles. The molecule has 3 nitrogen and oxygen atoms in total. The SMILES string of the molecule is CNCC(C)(O)c1cc(C(C)(C)C)c(OC)cc1C. The summed E-state index contributed by atoms with van der Waals surface area (Å²) < 4.78 is 5.48. The summed E-state index contributed by atoms with van der Waals surface area (Å²) in [6.45, 7) is 10.8. The number of aryl methyl sites for hydroxylation is 1. The molecule has 1 unspecified atom stereocenters. The summed E-state index contributed by atoms with van der Waals surface area (Å²) in [6, 6.07) is 4.09. The van der Waals surface area contributed by atoms with Gasteiger partial charge in [-0.15, -0.1) is 0 Å². The Morgan fingerprint density at radius 3 is 2.16 bits per heavy atom. The van der Waals surface area contributed by atoms with Gasteiger partial charge in [-0.1, -0.05) is 20.8 Å². The third-order valence-electron chi connectivity index (χ3n) is 3.46. The van der Waals surface area contributed by atoms with Crippen molar-refractivity contribution in [3.05, 3.63) is 28.8 Å². The summed E-state index contributed by atoms with van der Waals surface area (Å²) >= 11 is 0. The fraction of sp³-hybridized carbons (Fsp3) is 0.625. The van der Waals surface area contributed by atoms with E-state index in [1.54, 1.807) is 7.11 Å². The van der Waals surface area contributed by atoms with Gasteiger partial charge in [-0.2, -0.15) is 0 Å². The Kier molecular flexibility index (Phi) is 4.64. The third-order valence-corrected chi connectivity index (χ3v) is 3.46. The van der Waals surface area contributed by atoms with E-state index in [1.165, 1.54) is 0 Å². The molecule has 0 amide bonds. The quantitative estimate of drug-likeness (QED) is 0.879. The zero-order chi connectivity index (χ0) is 14.8. The summed E-state index contributed by atoms with van der Waals surface area (Å²) in [5, 5.41) is 13.7. The maximum atomic E-state index is 10.6. The fourth-order valence-corrected chi connectivity index (χ4v) is 2.46. The molecule has 0 heterocycles. The minimum absolute atomic E-state index is 0.0243. The largest absolute Gasteiger partial charge is 0.496 e.